The van der Waals surface area contributed by atoms with Crippen molar-refractivity contribution in [1.82, 2.24) is 9.78 Å². The maximum absolute atomic E-state index is 12.4. The summed E-state index contributed by atoms with van der Waals surface area (Å²) in [6.45, 7) is 1.91. The summed E-state index contributed by atoms with van der Waals surface area (Å²) in [5, 5.41) is 9.51. The van der Waals surface area contributed by atoms with Crippen LogP contribution in [-0.2, 0) is 16.1 Å². The summed E-state index contributed by atoms with van der Waals surface area (Å²) < 4.78 is 17.5. The molecule has 9 heteroatoms. The SMILES string of the molecule is COc1cccc(Cn2cc(NC(=O)[C@H](C)OC(=O)Nc3ccccc3)cn2)c1OC. The number of nitrogens with one attached hydrogen (secondary N) is 2. The number of benzene rings is 2. The highest BCUT2D eigenvalue weighted by atomic mass is 16.6. The lowest BCUT2D eigenvalue weighted by molar-refractivity contribution is -0.123. The Bertz CT molecular complexity index is 1040. The van der Waals surface area contributed by atoms with E-state index in [2.05, 4.69) is 15.7 Å². The number of ether oxygens (including phenoxy) is 3. The quantitative estimate of drug-likeness (QED) is 0.573. The van der Waals surface area contributed by atoms with E-state index in [-0.39, 0.29) is 0 Å². The minimum Gasteiger partial charge on any atom is -0.493 e. The molecule has 2 amide bonds. The minimum atomic E-state index is -0.995. The van der Waals surface area contributed by atoms with Crippen molar-refractivity contribution in [2.24, 2.45) is 0 Å². The maximum Gasteiger partial charge on any atom is 0.412 e. The van der Waals surface area contributed by atoms with Crippen LogP contribution in [0.5, 0.6) is 11.5 Å². The Morgan fingerprint density at radius 1 is 1.00 bits per heavy atom. The molecule has 0 fully saturated rings. The number of methoxy groups -OCH3 is 2. The highest BCUT2D eigenvalue weighted by Crippen LogP contribution is 2.31. The first-order valence-corrected chi connectivity index (χ1v) is 9.56. The van der Waals surface area contributed by atoms with E-state index in [1.165, 1.54) is 13.1 Å². The van der Waals surface area contributed by atoms with Gasteiger partial charge in [-0.2, -0.15) is 5.10 Å². The van der Waals surface area contributed by atoms with Gasteiger partial charge in [-0.3, -0.25) is 14.8 Å². The van der Waals surface area contributed by atoms with Crippen LogP contribution in [0.4, 0.5) is 16.2 Å². The number of hydrogen-bond acceptors (Lipinski definition) is 6. The van der Waals surface area contributed by atoms with Gasteiger partial charge in [-0.15, -0.1) is 0 Å². The smallest absolute Gasteiger partial charge is 0.412 e. The lowest BCUT2D eigenvalue weighted by Crippen LogP contribution is -2.31. The normalized spacial score (nSPS) is 11.3. The number of amides is 2. The molecular formula is C22H24N4O5. The monoisotopic (exact) mass is 424 g/mol. The lowest BCUT2D eigenvalue weighted by Gasteiger charge is -2.13. The van der Waals surface area contributed by atoms with Gasteiger partial charge in [-0.05, 0) is 25.1 Å². The summed E-state index contributed by atoms with van der Waals surface area (Å²) in [5.41, 5.74) is 1.93. The number of nitrogens with zero attached hydrogens (tertiary/aromatic N) is 2. The number of anilines is 2. The van der Waals surface area contributed by atoms with E-state index in [1.54, 1.807) is 49.4 Å². The van der Waals surface area contributed by atoms with Gasteiger partial charge in [0.05, 0.1) is 32.6 Å². The zero-order valence-corrected chi connectivity index (χ0v) is 17.5. The molecule has 9 nitrogen and oxygen atoms in total. The molecule has 3 aromatic rings. The highest BCUT2D eigenvalue weighted by molar-refractivity contribution is 5.95. The van der Waals surface area contributed by atoms with Crippen molar-refractivity contribution in [3.05, 3.63) is 66.5 Å². The molecule has 0 aliphatic rings. The Hall–Kier alpha value is -4.01. The fourth-order valence-corrected chi connectivity index (χ4v) is 2.89. The van der Waals surface area contributed by atoms with Gasteiger partial charge >= 0.3 is 6.09 Å². The van der Waals surface area contributed by atoms with E-state index in [0.717, 1.165) is 5.56 Å². The van der Waals surface area contributed by atoms with Crippen LogP contribution < -0.4 is 20.1 Å². The minimum absolute atomic E-state index is 0.418. The molecular weight excluding hydrogens is 400 g/mol. The Labute approximate surface area is 179 Å². The number of para-hydroxylation sites is 2. The second-order valence-electron chi connectivity index (χ2n) is 6.61. The van der Waals surface area contributed by atoms with Gasteiger partial charge < -0.3 is 19.5 Å². The second-order valence-corrected chi connectivity index (χ2v) is 6.61. The number of carbonyl (C=O) groups is 2. The molecule has 31 heavy (non-hydrogen) atoms. The average Bonchev–Trinajstić information content (AvgIpc) is 3.20. The Morgan fingerprint density at radius 2 is 1.77 bits per heavy atom. The van der Waals surface area contributed by atoms with Crippen molar-refractivity contribution in [3.8, 4) is 11.5 Å². The fraction of sp³-hybridized carbons (Fsp3) is 0.227. The third-order valence-corrected chi connectivity index (χ3v) is 4.39. The second kappa shape index (κ2) is 10.1. The van der Waals surface area contributed by atoms with Crippen molar-refractivity contribution >= 4 is 23.4 Å². The maximum atomic E-state index is 12.4. The van der Waals surface area contributed by atoms with Gasteiger partial charge in [-0.25, -0.2) is 4.79 Å². The molecule has 1 heterocycles. The van der Waals surface area contributed by atoms with Crippen LogP contribution in [0.25, 0.3) is 0 Å². The van der Waals surface area contributed by atoms with E-state index >= 15 is 0 Å². The summed E-state index contributed by atoms with van der Waals surface area (Å²) in [4.78, 5) is 24.3. The fourth-order valence-electron chi connectivity index (χ4n) is 2.89. The molecule has 0 aliphatic carbocycles. The molecule has 0 saturated heterocycles. The predicted octanol–water partition coefficient (Wildman–Crippen LogP) is 3.52. The molecule has 0 saturated carbocycles. The molecule has 1 aromatic heterocycles. The van der Waals surface area contributed by atoms with Gasteiger partial charge in [0, 0.05) is 17.4 Å². The van der Waals surface area contributed by atoms with Gasteiger partial charge in [0.2, 0.25) is 0 Å². The van der Waals surface area contributed by atoms with Crippen LogP contribution in [0.1, 0.15) is 12.5 Å². The first-order valence-electron chi connectivity index (χ1n) is 9.56. The van der Waals surface area contributed by atoms with E-state index in [4.69, 9.17) is 14.2 Å². The summed E-state index contributed by atoms with van der Waals surface area (Å²) >= 11 is 0. The van der Waals surface area contributed by atoms with E-state index in [9.17, 15) is 9.59 Å². The van der Waals surface area contributed by atoms with Crippen molar-refractivity contribution in [2.45, 2.75) is 19.6 Å². The Balaban J connectivity index is 1.56. The van der Waals surface area contributed by atoms with E-state index in [0.29, 0.717) is 29.4 Å². The molecule has 2 N–H and O–H groups in total. The highest BCUT2D eigenvalue weighted by Gasteiger charge is 2.19. The predicted molar refractivity (Wildman–Crippen MR) is 116 cm³/mol. The molecule has 1 atom stereocenters. The van der Waals surface area contributed by atoms with Crippen LogP contribution in [-0.4, -0.2) is 42.1 Å². The van der Waals surface area contributed by atoms with E-state index < -0.39 is 18.1 Å². The molecule has 0 bridgehead atoms. The number of rotatable bonds is 8. The summed E-state index contributed by atoms with van der Waals surface area (Å²) in [6.07, 6.45) is 1.48. The van der Waals surface area contributed by atoms with Gasteiger partial charge in [0.25, 0.3) is 5.91 Å². The Morgan fingerprint density at radius 3 is 2.48 bits per heavy atom. The molecule has 0 unspecified atom stereocenters. The molecule has 2 aromatic carbocycles. The number of carbonyl (C=O) groups excluding carboxylic acids is 2. The van der Waals surface area contributed by atoms with E-state index in [1.807, 2.05) is 24.3 Å². The summed E-state index contributed by atoms with van der Waals surface area (Å²) in [7, 11) is 3.15. The van der Waals surface area contributed by atoms with Crippen molar-refractivity contribution in [1.29, 1.82) is 0 Å². The number of aromatic nitrogens is 2. The average molecular weight is 424 g/mol. The van der Waals surface area contributed by atoms with Crippen LogP contribution in [0.3, 0.4) is 0 Å². The van der Waals surface area contributed by atoms with Crippen LogP contribution >= 0.6 is 0 Å². The number of hydrogen-bond donors (Lipinski definition) is 2. The third-order valence-electron chi connectivity index (χ3n) is 4.39. The third kappa shape index (κ3) is 5.75. The lowest BCUT2D eigenvalue weighted by atomic mass is 10.2. The van der Waals surface area contributed by atoms with Crippen molar-refractivity contribution in [2.75, 3.05) is 24.9 Å². The Kier molecular flexibility index (Phi) is 7.10. The molecule has 0 radical (unpaired) electrons. The largest absolute Gasteiger partial charge is 0.493 e. The van der Waals surface area contributed by atoms with Crippen molar-refractivity contribution in [3.63, 3.8) is 0 Å². The van der Waals surface area contributed by atoms with Gasteiger partial charge in [-0.1, -0.05) is 30.3 Å². The van der Waals surface area contributed by atoms with Gasteiger partial charge in [0.1, 0.15) is 0 Å². The zero-order valence-electron chi connectivity index (χ0n) is 17.5. The first kappa shape index (κ1) is 21.7. The van der Waals surface area contributed by atoms with Gasteiger partial charge in [0.15, 0.2) is 17.6 Å². The van der Waals surface area contributed by atoms with Crippen LogP contribution in [0, 0.1) is 0 Å². The topological polar surface area (TPSA) is 104 Å². The van der Waals surface area contributed by atoms with Crippen molar-refractivity contribution < 1.29 is 23.8 Å². The van der Waals surface area contributed by atoms with Crippen LogP contribution in [0.15, 0.2) is 60.9 Å². The molecule has 0 aliphatic heterocycles. The standard InChI is InChI=1S/C22H24N4O5/c1-15(31-22(28)25-17-9-5-4-6-10-17)21(27)24-18-12-23-26(14-18)13-16-8-7-11-19(29-2)20(16)30-3/h4-12,14-15H,13H2,1-3H3,(H,24,27)(H,25,28)/t15-/m0/s1. The molecule has 0 spiro atoms. The summed E-state index contributed by atoms with van der Waals surface area (Å²) in [6, 6.07) is 14.4. The first-order chi connectivity index (χ1) is 15.0. The van der Waals surface area contributed by atoms with Crippen LogP contribution in [0.2, 0.25) is 0 Å². The molecule has 3 rings (SSSR count). The zero-order chi connectivity index (χ0) is 22.2. The summed E-state index contributed by atoms with van der Waals surface area (Å²) in [5.74, 6) is 0.777. The molecule has 162 valence electrons.